The second kappa shape index (κ2) is 7.28. The van der Waals surface area contributed by atoms with E-state index in [4.69, 9.17) is 4.74 Å². The SMILES string of the molecule is COc1ccc(C)cc1CSc1nnnn1Cc1ccccc1. The van der Waals surface area contributed by atoms with Crippen LogP contribution in [0, 0.1) is 6.92 Å². The lowest BCUT2D eigenvalue weighted by molar-refractivity contribution is 0.411. The highest BCUT2D eigenvalue weighted by molar-refractivity contribution is 7.98. The van der Waals surface area contributed by atoms with Gasteiger partial charge in [0.1, 0.15) is 5.75 Å². The molecule has 1 heterocycles. The summed E-state index contributed by atoms with van der Waals surface area (Å²) >= 11 is 1.61. The molecule has 0 bridgehead atoms. The van der Waals surface area contributed by atoms with Crippen LogP contribution in [0.2, 0.25) is 0 Å². The molecule has 0 radical (unpaired) electrons. The molecule has 0 N–H and O–H groups in total. The number of thioether (sulfide) groups is 1. The van der Waals surface area contributed by atoms with Gasteiger partial charge in [0.05, 0.1) is 13.7 Å². The molecule has 0 amide bonds. The highest BCUT2D eigenvalue weighted by atomic mass is 32.2. The summed E-state index contributed by atoms with van der Waals surface area (Å²) in [6, 6.07) is 16.4. The van der Waals surface area contributed by atoms with Gasteiger partial charge in [-0.05, 0) is 29.0 Å². The molecule has 118 valence electrons. The molecule has 0 aliphatic rings. The molecule has 6 heteroatoms. The number of hydrogen-bond acceptors (Lipinski definition) is 5. The first-order chi connectivity index (χ1) is 11.3. The normalized spacial score (nSPS) is 10.7. The van der Waals surface area contributed by atoms with E-state index in [-0.39, 0.29) is 0 Å². The monoisotopic (exact) mass is 326 g/mol. The molecule has 0 aliphatic heterocycles. The molecule has 2 aromatic carbocycles. The van der Waals surface area contributed by atoms with Gasteiger partial charge in [-0.1, -0.05) is 59.8 Å². The molecular weight excluding hydrogens is 308 g/mol. The van der Waals surface area contributed by atoms with E-state index in [0.29, 0.717) is 6.54 Å². The van der Waals surface area contributed by atoms with Crippen molar-refractivity contribution in [3.63, 3.8) is 0 Å². The van der Waals surface area contributed by atoms with Crippen LogP contribution in [-0.4, -0.2) is 27.3 Å². The summed E-state index contributed by atoms with van der Waals surface area (Å²) in [6.45, 7) is 2.74. The Bertz CT molecular complexity index is 773. The van der Waals surface area contributed by atoms with Gasteiger partial charge in [0.25, 0.3) is 0 Å². The minimum atomic E-state index is 0.668. The molecule has 0 saturated heterocycles. The molecular formula is C17H18N4OS. The predicted octanol–water partition coefficient (Wildman–Crippen LogP) is 3.33. The molecule has 5 nitrogen and oxygen atoms in total. The molecule has 3 aromatic rings. The molecule has 23 heavy (non-hydrogen) atoms. The second-order valence-corrected chi connectivity index (χ2v) is 6.15. The van der Waals surface area contributed by atoms with E-state index >= 15 is 0 Å². The van der Waals surface area contributed by atoms with Crippen LogP contribution >= 0.6 is 11.8 Å². The third-order valence-electron chi connectivity index (χ3n) is 3.47. The number of benzene rings is 2. The van der Waals surface area contributed by atoms with Gasteiger partial charge in [-0.2, -0.15) is 0 Å². The third-order valence-corrected chi connectivity index (χ3v) is 4.47. The second-order valence-electron chi connectivity index (χ2n) is 5.21. The molecule has 1 aromatic heterocycles. The summed E-state index contributed by atoms with van der Waals surface area (Å²) in [7, 11) is 1.69. The van der Waals surface area contributed by atoms with E-state index in [1.54, 1.807) is 18.9 Å². The van der Waals surface area contributed by atoms with Gasteiger partial charge >= 0.3 is 0 Å². The zero-order chi connectivity index (χ0) is 16.1. The Morgan fingerprint density at radius 1 is 1.13 bits per heavy atom. The van der Waals surface area contributed by atoms with Crippen LogP contribution in [-0.2, 0) is 12.3 Å². The summed E-state index contributed by atoms with van der Waals surface area (Å²) < 4.78 is 7.25. The molecule has 0 saturated carbocycles. The van der Waals surface area contributed by atoms with E-state index in [2.05, 4.69) is 40.6 Å². The van der Waals surface area contributed by atoms with Crippen LogP contribution in [0.5, 0.6) is 5.75 Å². The van der Waals surface area contributed by atoms with Gasteiger partial charge < -0.3 is 4.74 Å². The van der Waals surface area contributed by atoms with Gasteiger partial charge in [-0.15, -0.1) is 5.10 Å². The largest absolute Gasteiger partial charge is 0.496 e. The summed E-state index contributed by atoms with van der Waals surface area (Å²) in [5.41, 5.74) is 3.53. The van der Waals surface area contributed by atoms with Crippen molar-refractivity contribution >= 4 is 11.8 Å². The highest BCUT2D eigenvalue weighted by Crippen LogP contribution is 2.27. The van der Waals surface area contributed by atoms with Crippen molar-refractivity contribution in [2.45, 2.75) is 24.4 Å². The van der Waals surface area contributed by atoms with Crippen molar-refractivity contribution in [3.8, 4) is 5.75 Å². The zero-order valence-corrected chi connectivity index (χ0v) is 14.0. The third kappa shape index (κ3) is 3.90. The van der Waals surface area contributed by atoms with Crippen molar-refractivity contribution in [1.82, 2.24) is 20.2 Å². The number of methoxy groups -OCH3 is 1. The maximum atomic E-state index is 5.42. The number of aryl methyl sites for hydroxylation is 1. The first-order valence-corrected chi connectivity index (χ1v) is 8.31. The van der Waals surface area contributed by atoms with Crippen LogP contribution in [0.1, 0.15) is 16.7 Å². The fourth-order valence-corrected chi connectivity index (χ4v) is 3.17. The van der Waals surface area contributed by atoms with Gasteiger partial charge in [-0.25, -0.2) is 4.68 Å². The summed E-state index contributed by atoms with van der Waals surface area (Å²) in [6.07, 6.45) is 0. The van der Waals surface area contributed by atoms with E-state index in [1.807, 2.05) is 35.0 Å². The molecule has 3 rings (SSSR count). The summed E-state index contributed by atoms with van der Waals surface area (Å²) in [4.78, 5) is 0. The summed E-state index contributed by atoms with van der Waals surface area (Å²) in [5, 5.41) is 12.8. The minimum Gasteiger partial charge on any atom is -0.496 e. The Morgan fingerprint density at radius 2 is 1.96 bits per heavy atom. The predicted molar refractivity (Wildman–Crippen MR) is 90.7 cm³/mol. The zero-order valence-electron chi connectivity index (χ0n) is 13.1. The van der Waals surface area contributed by atoms with Crippen LogP contribution in [0.4, 0.5) is 0 Å². The van der Waals surface area contributed by atoms with Gasteiger partial charge in [0, 0.05) is 11.3 Å². The van der Waals surface area contributed by atoms with E-state index in [1.165, 1.54) is 11.1 Å². The Kier molecular flexibility index (Phi) is 4.92. The fraction of sp³-hybridized carbons (Fsp3) is 0.235. The number of nitrogens with zero attached hydrogens (tertiary/aromatic N) is 4. The van der Waals surface area contributed by atoms with Crippen molar-refractivity contribution in [2.75, 3.05) is 7.11 Å². The Morgan fingerprint density at radius 3 is 2.74 bits per heavy atom. The standard InChI is InChI=1S/C17H18N4OS/c1-13-8-9-16(22-2)15(10-13)12-23-17-18-19-20-21(17)11-14-6-4-3-5-7-14/h3-10H,11-12H2,1-2H3. The lowest BCUT2D eigenvalue weighted by atomic mass is 10.1. The smallest absolute Gasteiger partial charge is 0.209 e. The first-order valence-electron chi connectivity index (χ1n) is 7.32. The van der Waals surface area contributed by atoms with Gasteiger partial charge in [0.15, 0.2) is 0 Å². The first kappa shape index (κ1) is 15.6. The lowest BCUT2D eigenvalue weighted by Crippen LogP contribution is -2.04. The summed E-state index contributed by atoms with van der Waals surface area (Å²) in [5.74, 6) is 1.66. The van der Waals surface area contributed by atoms with Crippen molar-refractivity contribution in [2.24, 2.45) is 0 Å². The average molecular weight is 326 g/mol. The van der Waals surface area contributed by atoms with Gasteiger partial charge in [-0.3, -0.25) is 0 Å². The quantitative estimate of drug-likeness (QED) is 0.650. The number of tetrazole rings is 1. The van der Waals surface area contributed by atoms with Crippen molar-refractivity contribution < 1.29 is 4.74 Å². The van der Waals surface area contributed by atoms with E-state index in [9.17, 15) is 0 Å². The average Bonchev–Trinajstić information content (AvgIpc) is 3.01. The Labute approximate surface area is 139 Å². The van der Waals surface area contributed by atoms with Crippen LogP contribution < -0.4 is 4.74 Å². The Hall–Kier alpha value is -2.34. The highest BCUT2D eigenvalue weighted by Gasteiger charge is 2.10. The van der Waals surface area contributed by atoms with Crippen LogP contribution in [0.25, 0.3) is 0 Å². The molecule has 0 spiro atoms. The number of rotatable bonds is 6. The van der Waals surface area contributed by atoms with Crippen molar-refractivity contribution in [3.05, 3.63) is 65.2 Å². The van der Waals surface area contributed by atoms with E-state index < -0.39 is 0 Å². The maximum Gasteiger partial charge on any atom is 0.209 e. The Balaban J connectivity index is 1.72. The van der Waals surface area contributed by atoms with Crippen LogP contribution in [0.15, 0.2) is 53.7 Å². The minimum absolute atomic E-state index is 0.668. The number of ether oxygens (including phenoxy) is 1. The number of aromatic nitrogens is 4. The van der Waals surface area contributed by atoms with E-state index in [0.717, 1.165) is 22.2 Å². The fourth-order valence-electron chi connectivity index (χ4n) is 2.32. The lowest BCUT2D eigenvalue weighted by Gasteiger charge is -2.09. The van der Waals surface area contributed by atoms with Crippen LogP contribution in [0.3, 0.4) is 0 Å². The molecule has 0 fully saturated rings. The van der Waals surface area contributed by atoms with Gasteiger partial charge in [0.2, 0.25) is 5.16 Å². The molecule has 0 aliphatic carbocycles. The molecule has 0 unspecified atom stereocenters. The van der Waals surface area contributed by atoms with Crippen molar-refractivity contribution in [1.29, 1.82) is 0 Å². The molecule has 0 atom stereocenters. The maximum absolute atomic E-state index is 5.42. The number of hydrogen-bond donors (Lipinski definition) is 0. The topological polar surface area (TPSA) is 52.8 Å².